The molecule has 0 atom stereocenters. The molecule has 1 heterocycles. The second kappa shape index (κ2) is 6.87. The van der Waals surface area contributed by atoms with Crippen LogP contribution >= 0.6 is 0 Å². The van der Waals surface area contributed by atoms with Gasteiger partial charge in [-0.25, -0.2) is 0 Å². The van der Waals surface area contributed by atoms with Crippen molar-refractivity contribution in [1.29, 1.82) is 0 Å². The van der Waals surface area contributed by atoms with Crippen molar-refractivity contribution in [2.75, 3.05) is 32.2 Å². The first-order chi connectivity index (χ1) is 12.7. The molecule has 134 valence electrons. The molecule has 4 nitrogen and oxygen atoms in total. The summed E-state index contributed by atoms with van der Waals surface area (Å²) >= 11 is 0. The Morgan fingerprint density at radius 1 is 0.962 bits per heavy atom. The van der Waals surface area contributed by atoms with Crippen molar-refractivity contribution in [1.82, 2.24) is 0 Å². The summed E-state index contributed by atoms with van der Waals surface area (Å²) in [6.07, 6.45) is 5.16. The van der Waals surface area contributed by atoms with Crippen LogP contribution in [0.4, 0.5) is 5.69 Å². The molecule has 0 radical (unpaired) electrons. The number of carbonyl (C=O) groups excluding carboxylic acids is 1. The fourth-order valence-electron chi connectivity index (χ4n) is 3.81. The number of nitrogens with zero attached hydrogens (tertiary/aromatic N) is 1. The van der Waals surface area contributed by atoms with E-state index in [9.17, 15) is 4.79 Å². The van der Waals surface area contributed by atoms with Gasteiger partial charge in [0.15, 0.2) is 17.3 Å². The Morgan fingerprint density at radius 3 is 2.27 bits per heavy atom. The zero-order chi connectivity index (χ0) is 18.1. The zero-order valence-electron chi connectivity index (χ0n) is 15.2. The first-order valence-electron chi connectivity index (χ1n) is 9.05. The molecule has 4 rings (SSSR count). The molecule has 0 saturated carbocycles. The predicted octanol–water partition coefficient (Wildman–Crippen LogP) is 4.13. The number of ketones is 1. The Balaban J connectivity index is 1.59. The van der Waals surface area contributed by atoms with Gasteiger partial charge in [-0.15, -0.1) is 0 Å². The number of ether oxygens (including phenoxy) is 2. The zero-order valence-corrected chi connectivity index (χ0v) is 15.2. The molecule has 2 aromatic rings. The van der Waals surface area contributed by atoms with E-state index < -0.39 is 0 Å². The summed E-state index contributed by atoms with van der Waals surface area (Å²) < 4.78 is 10.7. The van der Waals surface area contributed by atoms with Crippen LogP contribution in [0.3, 0.4) is 0 Å². The highest BCUT2D eigenvalue weighted by atomic mass is 16.5. The van der Waals surface area contributed by atoms with E-state index in [2.05, 4.69) is 29.2 Å². The number of carbonyl (C=O) groups is 1. The van der Waals surface area contributed by atoms with Gasteiger partial charge < -0.3 is 14.4 Å². The van der Waals surface area contributed by atoms with E-state index in [4.69, 9.17) is 9.47 Å². The third-order valence-electron chi connectivity index (χ3n) is 5.23. The summed E-state index contributed by atoms with van der Waals surface area (Å²) in [5.41, 5.74) is 4.84. The van der Waals surface area contributed by atoms with Crippen LogP contribution in [0.15, 0.2) is 42.0 Å². The van der Waals surface area contributed by atoms with Crippen LogP contribution in [0.5, 0.6) is 11.5 Å². The number of Topliss-reactive ketones (excluding diaryl/α,β-unsaturated/α-hetero) is 1. The maximum atomic E-state index is 12.8. The number of anilines is 1. The fourth-order valence-corrected chi connectivity index (χ4v) is 3.81. The molecular weight excluding hydrogens is 326 g/mol. The summed E-state index contributed by atoms with van der Waals surface area (Å²) in [5.74, 6) is 1.33. The molecule has 2 aliphatic rings. The van der Waals surface area contributed by atoms with Crippen LogP contribution in [0.25, 0.3) is 6.08 Å². The van der Waals surface area contributed by atoms with E-state index in [-0.39, 0.29) is 5.78 Å². The fraction of sp³-hybridized carbons (Fsp3) is 0.318. The highest BCUT2D eigenvalue weighted by Crippen LogP contribution is 2.37. The smallest absolute Gasteiger partial charge is 0.189 e. The number of hydrogen-bond acceptors (Lipinski definition) is 4. The van der Waals surface area contributed by atoms with Crippen LogP contribution in [0.1, 0.15) is 34.3 Å². The number of benzene rings is 2. The van der Waals surface area contributed by atoms with Crippen molar-refractivity contribution in [3.63, 3.8) is 0 Å². The van der Waals surface area contributed by atoms with Crippen LogP contribution < -0.4 is 14.4 Å². The standard InChI is InChI=1S/C22H23NO3/c1-25-20-13-16-12-17(22(24)19(16)14-21(20)26-2)11-15-5-7-18(8-6-15)23-9-3-4-10-23/h5-8,11,13-14H,3-4,9-10,12H2,1-2H3/b17-11-. The minimum Gasteiger partial charge on any atom is -0.493 e. The number of hydrogen-bond donors (Lipinski definition) is 0. The van der Waals surface area contributed by atoms with E-state index in [1.165, 1.54) is 18.5 Å². The van der Waals surface area contributed by atoms with Crippen molar-refractivity contribution in [2.24, 2.45) is 0 Å². The molecule has 1 aliphatic carbocycles. The largest absolute Gasteiger partial charge is 0.493 e. The van der Waals surface area contributed by atoms with Crippen molar-refractivity contribution < 1.29 is 14.3 Å². The second-order valence-corrected chi connectivity index (χ2v) is 6.83. The summed E-state index contributed by atoms with van der Waals surface area (Å²) in [5, 5.41) is 0. The first kappa shape index (κ1) is 16.7. The molecule has 2 aromatic carbocycles. The molecule has 0 unspecified atom stereocenters. The van der Waals surface area contributed by atoms with Crippen molar-refractivity contribution in [2.45, 2.75) is 19.3 Å². The summed E-state index contributed by atoms with van der Waals surface area (Å²) in [7, 11) is 3.20. The van der Waals surface area contributed by atoms with Gasteiger partial charge in [0.25, 0.3) is 0 Å². The average Bonchev–Trinajstić information content (AvgIpc) is 3.30. The average molecular weight is 349 g/mol. The minimum absolute atomic E-state index is 0.0737. The van der Waals surface area contributed by atoms with Gasteiger partial charge in [-0.1, -0.05) is 12.1 Å². The molecule has 4 heteroatoms. The quantitative estimate of drug-likeness (QED) is 0.778. The van der Waals surface area contributed by atoms with Crippen LogP contribution in [0.2, 0.25) is 0 Å². The van der Waals surface area contributed by atoms with Crippen LogP contribution in [0, 0.1) is 0 Å². The van der Waals surface area contributed by atoms with Crippen molar-refractivity contribution >= 4 is 17.5 Å². The number of allylic oxidation sites excluding steroid dienone is 1. The second-order valence-electron chi connectivity index (χ2n) is 6.83. The van der Waals surface area contributed by atoms with Gasteiger partial charge in [-0.2, -0.15) is 0 Å². The van der Waals surface area contributed by atoms with E-state index in [0.29, 0.717) is 23.5 Å². The minimum atomic E-state index is 0.0737. The molecule has 0 spiro atoms. The predicted molar refractivity (Wildman–Crippen MR) is 103 cm³/mol. The molecule has 1 aliphatic heterocycles. The molecule has 0 aromatic heterocycles. The van der Waals surface area contributed by atoms with Crippen molar-refractivity contribution in [3.05, 3.63) is 58.7 Å². The molecule has 0 N–H and O–H groups in total. The van der Waals surface area contributed by atoms with Gasteiger partial charge in [-0.05, 0) is 54.3 Å². The number of rotatable bonds is 4. The normalized spacial score (nSPS) is 17.7. The molecule has 0 amide bonds. The Hall–Kier alpha value is -2.75. The molecule has 0 bridgehead atoms. The van der Waals surface area contributed by atoms with Gasteiger partial charge in [0.1, 0.15) is 0 Å². The lowest BCUT2D eigenvalue weighted by molar-refractivity contribution is 0.104. The Labute approximate surface area is 154 Å². The van der Waals surface area contributed by atoms with E-state index in [1.807, 2.05) is 12.1 Å². The number of methoxy groups -OCH3 is 2. The lowest BCUT2D eigenvalue weighted by Crippen LogP contribution is -2.17. The third-order valence-corrected chi connectivity index (χ3v) is 5.23. The summed E-state index contributed by atoms with van der Waals surface area (Å²) in [6, 6.07) is 12.2. The maximum absolute atomic E-state index is 12.8. The monoisotopic (exact) mass is 349 g/mol. The molecule has 1 saturated heterocycles. The maximum Gasteiger partial charge on any atom is 0.189 e. The first-order valence-corrected chi connectivity index (χ1v) is 9.05. The van der Waals surface area contributed by atoms with E-state index in [0.717, 1.165) is 29.8 Å². The summed E-state index contributed by atoms with van der Waals surface area (Å²) in [4.78, 5) is 15.2. The molecule has 1 fully saturated rings. The van der Waals surface area contributed by atoms with Gasteiger partial charge >= 0.3 is 0 Å². The summed E-state index contributed by atoms with van der Waals surface area (Å²) in [6.45, 7) is 2.27. The topological polar surface area (TPSA) is 38.8 Å². The van der Waals surface area contributed by atoms with Gasteiger partial charge in [0.2, 0.25) is 0 Å². The SMILES string of the molecule is COc1cc2c(cc1OC)C(=O)/C(=C\c1ccc(N3CCCC3)cc1)C2. The number of fused-ring (bicyclic) bond motifs is 1. The highest BCUT2D eigenvalue weighted by molar-refractivity contribution is 6.15. The lowest BCUT2D eigenvalue weighted by atomic mass is 10.1. The third kappa shape index (κ3) is 2.96. The Bertz CT molecular complexity index is 862. The highest BCUT2D eigenvalue weighted by Gasteiger charge is 2.27. The van der Waals surface area contributed by atoms with E-state index in [1.54, 1.807) is 20.3 Å². The Kier molecular flexibility index (Phi) is 4.41. The van der Waals surface area contributed by atoms with Gasteiger partial charge in [-0.3, -0.25) is 4.79 Å². The van der Waals surface area contributed by atoms with Gasteiger partial charge in [0, 0.05) is 36.3 Å². The van der Waals surface area contributed by atoms with Crippen molar-refractivity contribution in [3.8, 4) is 11.5 Å². The van der Waals surface area contributed by atoms with Gasteiger partial charge in [0.05, 0.1) is 14.2 Å². The van der Waals surface area contributed by atoms with Crippen LogP contribution in [-0.2, 0) is 6.42 Å². The van der Waals surface area contributed by atoms with E-state index >= 15 is 0 Å². The lowest BCUT2D eigenvalue weighted by Gasteiger charge is -2.17. The Morgan fingerprint density at radius 2 is 1.62 bits per heavy atom. The molecular formula is C22H23NO3. The van der Waals surface area contributed by atoms with Crippen LogP contribution in [-0.4, -0.2) is 33.1 Å². The molecule has 26 heavy (non-hydrogen) atoms.